The zero-order valence-corrected chi connectivity index (χ0v) is 17.5. The van der Waals surface area contributed by atoms with Gasteiger partial charge < -0.3 is 14.8 Å². The molecule has 1 unspecified atom stereocenters. The number of carbonyl (C=O) groups is 1. The van der Waals surface area contributed by atoms with E-state index >= 15 is 0 Å². The van der Waals surface area contributed by atoms with Gasteiger partial charge in [0, 0.05) is 19.6 Å². The molecule has 0 aliphatic carbocycles. The van der Waals surface area contributed by atoms with Crippen molar-refractivity contribution in [3.05, 3.63) is 23.8 Å². The second kappa shape index (κ2) is 10.7. The molecule has 0 radical (unpaired) electrons. The van der Waals surface area contributed by atoms with Crippen molar-refractivity contribution in [2.75, 3.05) is 32.5 Å². The highest BCUT2D eigenvalue weighted by molar-refractivity contribution is 7.89. The van der Waals surface area contributed by atoms with E-state index in [1.807, 2.05) is 6.92 Å². The van der Waals surface area contributed by atoms with Gasteiger partial charge in [-0.05, 0) is 43.4 Å². The van der Waals surface area contributed by atoms with Crippen LogP contribution in [0.15, 0.2) is 18.2 Å². The number of hydrogen-bond donors (Lipinski definition) is 1. The van der Waals surface area contributed by atoms with E-state index in [0.717, 1.165) is 0 Å². The predicted octanol–water partition coefficient (Wildman–Crippen LogP) is 2.41. The summed E-state index contributed by atoms with van der Waals surface area (Å²) in [5, 5.41) is 2.81. The summed E-state index contributed by atoms with van der Waals surface area (Å²) in [4.78, 5) is 12.5. The molecule has 10 heteroatoms. The van der Waals surface area contributed by atoms with Crippen molar-refractivity contribution in [1.29, 1.82) is 0 Å². The number of ether oxygens (including phenoxy) is 2. The van der Waals surface area contributed by atoms with Crippen LogP contribution >= 0.6 is 0 Å². The van der Waals surface area contributed by atoms with Gasteiger partial charge in [-0.25, -0.2) is 12.7 Å². The minimum absolute atomic E-state index is 0.0598. The number of benzene rings is 1. The first kappa shape index (κ1) is 23.3. The van der Waals surface area contributed by atoms with Crippen molar-refractivity contribution in [2.24, 2.45) is 5.92 Å². The van der Waals surface area contributed by atoms with E-state index < -0.39 is 16.6 Å². The van der Waals surface area contributed by atoms with Gasteiger partial charge >= 0.3 is 6.61 Å². The lowest BCUT2D eigenvalue weighted by Crippen LogP contribution is -2.46. The van der Waals surface area contributed by atoms with Gasteiger partial charge in [-0.3, -0.25) is 4.79 Å². The monoisotopic (exact) mass is 434 g/mol. The fourth-order valence-corrected chi connectivity index (χ4v) is 4.92. The number of piperidine rings is 1. The second-order valence-electron chi connectivity index (χ2n) is 6.92. The van der Waals surface area contributed by atoms with Gasteiger partial charge in [-0.1, -0.05) is 13.0 Å². The number of halogens is 2. The summed E-state index contributed by atoms with van der Waals surface area (Å²) in [5.41, 5.74) is 0.706. The topological polar surface area (TPSA) is 84.9 Å². The Labute approximate surface area is 170 Å². The Bertz CT molecular complexity index is 789. The summed E-state index contributed by atoms with van der Waals surface area (Å²) in [5.74, 6) is -0.353. The molecule has 1 heterocycles. The summed E-state index contributed by atoms with van der Waals surface area (Å²) < 4.78 is 60.3. The summed E-state index contributed by atoms with van der Waals surface area (Å²) in [6, 6.07) is 4.70. The average molecular weight is 435 g/mol. The molecule has 2 rings (SSSR count). The highest BCUT2D eigenvalue weighted by Gasteiger charge is 2.31. The van der Waals surface area contributed by atoms with E-state index in [1.165, 1.54) is 23.5 Å². The molecule has 1 saturated heterocycles. The van der Waals surface area contributed by atoms with E-state index in [1.54, 1.807) is 6.07 Å². The van der Waals surface area contributed by atoms with Crippen LogP contribution in [0.3, 0.4) is 0 Å². The van der Waals surface area contributed by atoms with E-state index in [4.69, 9.17) is 4.74 Å². The van der Waals surface area contributed by atoms with Crippen LogP contribution in [-0.2, 0) is 21.2 Å². The largest absolute Gasteiger partial charge is 0.493 e. The van der Waals surface area contributed by atoms with Gasteiger partial charge in [0.25, 0.3) is 0 Å². The normalized spacial score (nSPS) is 17.9. The standard InChI is InChI=1S/C19H28F2N2O5S/c1-3-11-29(25,26)23-10-4-5-15(13-23)18(24)22-9-8-14-6-7-16(27-2)17(12-14)28-19(20)21/h6-7,12,15,19H,3-5,8-11,13H2,1-2H3,(H,22,24). The van der Waals surface area contributed by atoms with Gasteiger partial charge in [-0.2, -0.15) is 8.78 Å². The zero-order valence-electron chi connectivity index (χ0n) is 16.7. The van der Waals surface area contributed by atoms with Crippen molar-refractivity contribution < 1.29 is 31.5 Å². The molecule has 0 aromatic heterocycles. The van der Waals surface area contributed by atoms with Crippen molar-refractivity contribution in [1.82, 2.24) is 9.62 Å². The SMILES string of the molecule is CCCS(=O)(=O)N1CCCC(C(=O)NCCc2ccc(OC)c(OC(F)F)c2)C1. The Balaban J connectivity index is 1.89. The molecule has 1 aliphatic heterocycles. The van der Waals surface area contributed by atoms with Crippen LogP contribution in [0.4, 0.5) is 8.78 Å². The van der Waals surface area contributed by atoms with E-state index in [0.29, 0.717) is 44.3 Å². The van der Waals surface area contributed by atoms with E-state index in [-0.39, 0.29) is 35.6 Å². The number of sulfonamides is 1. The van der Waals surface area contributed by atoms with Crippen LogP contribution < -0.4 is 14.8 Å². The Morgan fingerprint density at radius 1 is 1.34 bits per heavy atom. The number of methoxy groups -OCH3 is 1. The molecular weight excluding hydrogens is 406 g/mol. The molecular formula is C19H28F2N2O5S. The molecule has 1 aromatic carbocycles. The molecule has 1 atom stereocenters. The van der Waals surface area contributed by atoms with Gasteiger partial charge in [0.15, 0.2) is 11.5 Å². The number of alkyl halides is 2. The highest BCUT2D eigenvalue weighted by Crippen LogP contribution is 2.29. The molecule has 29 heavy (non-hydrogen) atoms. The minimum atomic E-state index is -3.32. The Morgan fingerprint density at radius 3 is 2.76 bits per heavy atom. The van der Waals surface area contributed by atoms with Crippen LogP contribution in [0.2, 0.25) is 0 Å². The van der Waals surface area contributed by atoms with Crippen LogP contribution in [0.5, 0.6) is 11.5 Å². The van der Waals surface area contributed by atoms with Crippen LogP contribution in [-0.4, -0.2) is 57.7 Å². The molecule has 0 saturated carbocycles. The molecule has 1 N–H and O–H groups in total. The maximum absolute atomic E-state index is 12.5. The summed E-state index contributed by atoms with van der Waals surface area (Å²) in [6.45, 7) is -0.203. The molecule has 164 valence electrons. The van der Waals surface area contributed by atoms with Crippen molar-refractivity contribution in [3.8, 4) is 11.5 Å². The Kier molecular flexibility index (Phi) is 8.63. The fourth-order valence-electron chi connectivity index (χ4n) is 3.34. The number of nitrogens with one attached hydrogen (secondary N) is 1. The van der Waals surface area contributed by atoms with Gasteiger partial charge in [-0.15, -0.1) is 0 Å². The number of hydrogen-bond acceptors (Lipinski definition) is 5. The van der Waals surface area contributed by atoms with E-state index in [2.05, 4.69) is 10.1 Å². The lowest BCUT2D eigenvalue weighted by Gasteiger charge is -2.31. The maximum Gasteiger partial charge on any atom is 0.387 e. The third-order valence-corrected chi connectivity index (χ3v) is 6.81. The van der Waals surface area contributed by atoms with Gasteiger partial charge in [0.1, 0.15) is 0 Å². The first-order valence-corrected chi connectivity index (χ1v) is 11.2. The lowest BCUT2D eigenvalue weighted by molar-refractivity contribution is -0.126. The quantitative estimate of drug-likeness (QED) is 0.611. The predicted molar refractivity (Wildman–Crippen MR) is 105 cm³/mol. The Morgan fingerprint density at radius 2 is 2.10 bits per heavy atom. The summed E-state index contributed by atoms with van der Waals surface area (Å²) in [6.07, 6.45) is 2.24. The van der Waals surface area contributed by atoms with Crippen molar-refractivity contribution in [2.45, 2.75) is 39.2 Å². The number of nitrogens with zero attached hydrogens (tertiary/aromatic N) is 1. The third-order valence-electron chi connectivity index (χ3n) is 4.77. The lowest BCUT2D eigenvalue weighted by atomic mass is 9.99. The molecule has 0 spiro atoms. The van der Waals surface area contributed by atoms with Gasteiger partial charge in [0.05, 0.1) is 18.8 Å². The minimum Gasteiger partial charge on any atom is -0.493 e. The van der Waals surface area contributed by atoms with Crippen LogP contribution in [0.1, 0.15) is 31.7 Å². The maximum atomic E-state index is 12.5. The average Bonchev–Trinajstić information content (AvgIpc) is 2.68. The molecule has 1 fully saturated rings. The van der Waals surface area contributed by atoms with Gasteiger partial charge in [0.2, 0.25) is 15.9 Å². The first-order valence-electron chi connectivity index (χ1n) is 9.64. The third kappa shape index (κ3) is 6.81. The molecule has 7 nitrogen and oxygen atoms in total. The first-order chi connectivity index (χ1) is 13.8. The van der Waals surface area contributed by atoms with Crippen LogP contribution in [0, 0.1) is 5.92 Å². The molecule has 1 aromatic rings. The molecule has 1 amide bonds. The molecule has 0 bridgehead atoms. The van der Waals surface area contributed by atoms with Crippen molar-refractivity contribution in [3.63, 3.8) is 0 Å². The van der Waals surface area contributed by atoms with Crippen molar-refractivity contribution >= 4 is 15.9 Å². The number of amides is 1. The number of rotatable bonds is 10. The smallest absolute Gasteiger partial charge is 0.387 e. The zero-order chi connectivity index (χ0) is 21.4. The Hall–Kier alpha value is -1.94. The number of carbonyl (C=O) groups excluding carboxylic acids is 1. The van der Waals surface area contributed by atoms with Crippen LogP contribution in [0.25, 0.3) is 0 Å². The highest BCUT2D eigenvalue weighted by atomic mass is 32.2. The fraction of sp³-hybridized carbons (Fsp3) is 0.632. The summed E-state index contributed by atoms with van der Waals surface area (Å²) >= 11 is 0. The second-order valence-corrected chi connectivity index (χ2v) is 9.01. The molecule has 1 aliphatic rings. The summed E-state index contributed by atoms with van der Waals surface area (Å²) in [7, 11) is -1.96. The van der Waals surface area contributed by atoms with E-state index in [9.17, 15) is 22.0 Å².